The van der Waals surface area contributed by atoms with E-state index in [0.717, 1.165) is 24.2 Å². The Morgan fingerprint density at radius 2 is 2.18 bits per heavy atom. The number of methoxy groups -OCH3 is 1. The van der Waals surface area contributed by atoms with Crippen LogP contribution in [-0.4, -0.2) is 18.6 Å². The minimum atomic E-state index is 0.380. The Bertz CT molecular complexity index is 540. The molecule has 0 atom stereocenters. The van der Waals surface area contributed by atoms with E-state index >= 15 is 0 Å². The summed E-state index contributed by atoms with van der Waals surface area (Å²) in [6, 6.07) is 8.36. The van der Waals surface area contributed by atoms with E-state index in [-0.39, 0.29) is 0 Å². The fourth-order valence-electron chi connectivity index (χ4n) is 2.42. The number of aromatic amines is 1. The van der Waals surface area contributed by atoms with Crippen molar-refractivity contribution in [2.45, 2.75) is 19.3 Å². The third-order valence-electron chi connectivity index (χ3n) is 3.84. The van der Waals surface area contributed by atoms with Gasteiger partial charge in [0.2, 0.25) is 0 Å². The fourth-order valence-corrected chi connectivity index (χ4v) is 2.42. The lowest BCUT2D eigenvalue weighted by Gasteiger charge is -2.09. The molecule has 0 unspecified atom stereocenters. The molecular formula is C14H18N2O. The van der Waals surface area contributed by atoms with Crippen LogP contribution in [0.1, 0.15) is 18.5 Å². The van der Waals surface area contributed by atoms with E-state index in [1.807, 2.05) is 12.1 Å². The molecule has 1 heterocycles. The van der Waals surface area contributed by atoms with Gasteiger partial charge in [-0.05, 0) is 54.8 Å². The summed E-state index contributed by atoms with van der Waals surface area (Å²) in [5, 5.41) is 1.24. The van der Waals surface area contributed by atoms with Crippen molar-refractivity contribution in [2.75, 3.05) is 13.7 Å². The molecular weight excluding hydrogens is 212 g/mol. The molecule has 1 aliphatic carbocycles. The smallest absolute Gasteiger partial charge is 0.120 e. The molecule has 0 amide bonds. The molecule has 1 aromatic carbocycles. The average molecular weight is 230 g/mol. The lowest BCUT2D eigenvalue weighted by Crippen LogP contribution is -2.17. The monoisotopic (exact) mass is 230 g/mol. The maximum Gasteiger partial charge on any atom is 0.120 e. The Balaban J connectivity index is 1.91. The van der Waals surface area contributed by atoms with Crippen molar-refractivity contribution in [1.82, 2.24) is 4.98 Å². The van der Waals surface area contributed by atoms with Crippen molar-refractivity contribution in [3.05, 3.63) is 30.0 Å². The van der Waals surface area contributed by atoms with E-state index in [1.165, 1.54) is 23.9 Å². The first-order valence-corrected chi connectivity index (χ1v) is 6.10. The van der Waals surface area contributed by atoms with Gasteiger partial charge in [-0.3, -0.25) is 0 Å². The van der Waals surface area contributed by atoms with Gasteiger partial charge in [0.25, 0.3) is 0 Å². The second-order valence-electron chi connectivity index (χ2n) is 5.13. The van der Waals surface area contributed by atoms with Crippen LogP contribution in [0.5, 0.6) is 5.75 Å². The molecule has 3 N–H and O–H groups in total. The standard InChI is InChI=1S/C14H18N2O/c1-17-12-3-2-10-6-11(16-13(10)7-12)8-14(9-15)4-5-14/h2-3,6-7,16H,4-5,8-9,15H2,1H3. The van der Waals surface area contributed by atoms with Crippen molar-refractivity contribution in [3.8, 4) is 5.75 Å². The zero-order valence-electron chi connectivity index (χ0n) is 10.1. The first-order valence-electron chi connectivity index (χ1n) is 6.10. The minimum absolute atomic E-state index is 0.380. The van der Waals surface area contributed by atoms with Gasteiger partial charge in [0.15, 0.2) is 0 Å². The molecule has 0 saturated heterocycles. The van der Waals surface area contributed by atoms with Gasteiger partial charge in [-0.2, -0.15) is 0 Å². The first kappa shape index (κ1) is 10.7. The molecule has 0 radical (unpaired) electrons. The fraction of sp³-hybridized carbons (Fsp3) is 0.429. The summed E-state index contributed by atoms with van der Waals surface area (Å²) in [7, 11) is 1.69. The maximum absolute atomic E-state index is 5.82. The Kier molecular flexibility index (Phi) is 2.37. The van der Waals surface area contributed by atoms with E-state index in [2.05, 4.69) is 17.1 Å². The first-order chi connectivity index (χ1) is 8.24. The van der Waals surface area contributed by atoms with Crippen LogP contribution in [0, 0.1) is 5.41 Å². The molecule has 1 aliphatic rings. The summed E-state index contributed by atoms with van der Waals surface area (Å²) >= 11 is 0. The van der Waals surface area contributed by atoms with Crippen molar-refractivity contribution in [2.24, 2.45) is 11.1 Å². The van der Waals surface area contributed by atoms with Crippen LogP contribution in [0.3, 0.4) is 0 Å². The molecule has 0 spiro atoms. The number of benzene rings is 1. The van der Waals surface area contributed by atoms with E-state index in [1.54, 1.807) is 7.11 Å². The molecule has 1 fully saturated rings. The average Bonchev–Trinajstić information content (AvgIpc) is 3.01. The van der Waals surface area contributed by atoms with Gasteiger partial charge in [0.05, 0.1) is 7.11 Å². The Morgan fingerprint density at radius 3 is 2.82 bits per heavy atom. The normalized spacial score (nSPS) is 17.3. The lowest BCUT2D eigenvalue weighted by molar-refractivity contribution is 0.415. The van der Waals surface area contributed by atoms with Crippen molar-refractivity contribution in [1.29, 1.82) is 0 Å². The number of rotatable bonds is 4. The molecule has 1 saturated carbocycles. The number of fused-ring (bicyclic) bond motifs is 1. The van der Waals surface area contributed by atoms with Crippen LogP contribution >= 0.6 is 0 Å². The van der Waals surface area contributed by atoms with E-state index in [0.29, 0.717) is 5.41 Å². The van der Waals surface area contributed by atoms with E-state index in [9.17, 15) is 0 Å². The summed E-state index contributed by atoms with van der Waals surface area (Å²) in [4.78, 5) is 3.47. The Hall–Kier alpha value is -1.48. The van der Waals surface area contributed by atoms with Crippen molar-refractivity contribution in [3.63, 3.8) is 0 Å². The summed E-state index contributed by atoms with van der Waals surface area (Å²) in [6.45, 7) is 0.797. The molecule has 1 aromatic heterocycles. The Labute approximate surface area is 101 Å². The van der Waals surface area contributed by atoms with Gasteiger partial charge in [0, 0.05) is 17.3 Å². The number of hydrogen-bond donors (Lipinski definition) is 2. The van der Waals surface area contributed by atoms with Gasteiger partial charge >= 0.3 is 0 Å². The third kappa shape index (κ3) is 1.91. The number of H-pyrrole nitrogens is 1. The van der Waals surface area contributed by atoms with Gasteiger partial charge in [-0.25, -0.2) is 0 Å². The molecule has 3 rings (SSSR count). The highest BCUT2D eigenvalue weighted by atomic mass is 16.5. The second kappa shape index (κ2) is 3.77. The van der Waals surface area contributed by atoms with Crippen molar-refractivity contribution >= 4 is 10.9 Å². The molecule has 90 valence electrons. The predicted octanol–water partition coefficient (Wildman–Crippen LogP) is 2.46. The van der Waals surface area contributed by atoms with Crippen LogP contribution < -0.4 is 10.5 Å². The lowest BCUT2D eigenvalue weighted by atomic mass is 10.0. The summed E-state index contributed by atoms with van der Waals surface area (Å²) < 4.78 is 5.23. The predicted molar refractivity (Wildman–Crippen MR) is 69.3 cm³/mol. The molecule has 3 nitrogen and oxygen atoms in total. The quantitative estimate of drug-likeness (QED) is 0.847. The van der Waals surface area contributed by atoms with Gasteiger partial charge in [-0.1, -0.05) is 0 Å². The SMILES string of the molecule is COc1ccc2cc(CC3(CN)CC3)[nH]c2c1. The maximum atomic E-state index is 5.82. The van der Waals surface area contributed by atoms with Crippen LogP contribution in [0.25, 0.3) is 10.9 Å². The third-order valence-corrected chi connectivity index (χ3v) is 3.84. The summed E-state index contributed by atoms with van der Waals surface area (Å²) in [5.74, 6) is 0.894. The number of ether oxygens (including phenoxy) is 1. The van der Waals surface area contributed by atoms with Crippen LogP contribution in [0.15, 0.2) is 24.3 Å². The van der Waals surface area contributed by atoms with Gasteiger partial charge < -0.3 is 15.5 Å². The molecule has 3 heteroatoms. The minimum Gasteiger partial charge on any atom is -0.497 e. The van der Waals surface area contributed by atoms with E-state index < -0.39 is 0 Å². The van der Waals surface area contributed by atoms with Crippen LogP contribution in [-0.2, 0) is 6.42 Å². The number of nitrogens with one attached hydrogen (secondary N) is 1. The number of aromatic nitrogens is 1. The van der Waals surface area contributed by atoms with E-state index in [4.69, 9.17) is 10.5 Å². The number of hydrogen-bond acceptors (Lipinski definition) is 2. The van der Waals surface area contributed by atoms with Gasteiger partial charge in [-0.15, -0.1) is 0 Å². The Morgan fingerprint density at radius 1 is 1.35 bits per heavy atom. The molecule has 0 bridgehead atoms. The molecule has 17 heavy (non-hydrogen) atoms. The highest BCUT2D eigenvalue weighted by molar-refractivity contribution is 5.81. The van der Waals surface area contributed by atoms with Gasteiger partial charge in [0.1, 0.15) is 5.75 Å². The zero-order valence-corrected chi connectivity index (χ0v) is 10.1. The molecule has 0 aliphatic heterocycles. The molecule has 2 aromatic rings. The highest BCUT2D eigenvalue weighted by Gasteiger charge is 2.41. The highest BCUT2D eigenvalue weighted by Crippen LogP contribution is 2.47. The zero-order chi connectivity index (χ0) is 11.9. The largest absolute Gasteiger partial charge is 0.497 e. The summed E-state index contributed by atoms with van der Waals surface area (Å²) in [6.07, 6.45) is 3.60. The second-order valence-corrected chi connectivity index (χ2v) is 5.13. The summed E-state index contributed by atoms with van der Waals surface area (Å²) in [5.41, 5.74) is 8.64. The number of nitrogens with two attached hydrogens (primary N) is 1. The van der Waals surface area contributed by atoms with Crippen LogP contribution in [0.4, 0.5) is 0 Å². The van der Waals surface area contributed by atoms with Crippen LogP contribution in [0.2, 0.25) is 0 Å². The van der Waals surface area contributed by atoms with Crippen molar-refractivity contribution < 1.29 is 4.74 Å². The topological polar surface area (TPSA) is 51.0 Å².